The molecule has 4 nitrogen and oxygen atoms in total. The largest absolute Gasteiger partial charge is 0.311 e. The molecule has 4 heteroatoms. The van der Waals surface area contributed by atoms with E-state index in [0.717, 1.165) is 24.7 Å². The summed E-state index contributed by atoms with van der Waals surface area (Å²) < 4.78 is 2.11. The molecule has 1 aromatic heterocycles. The van der Waals surface area contributed by atoms with Crippen molar-refractivity contribution in [3.05, 3.63) is 11.9 Å². The van der Waals surface area contributed by atoms with Gasteiger partial charge in [0.05, 0.1) is 17.9 Å². The summed E-state index contributed by atoms with van der Waals surface area (Å²) in [6.45, 7) is 6.21. The van der Waals surface area contributed by atoms with Crippen LogP contribution in [0, 0.1) is 5.92 Å². The summed E-state index contributed by atoms with van der Waals surface area (Å²) in [4.78, 5) is 0. The van der Waals surface area contributed by atoms with Crippen LogP contribution in [0.3, 0.4) is 0 Å². The molecule has 0 radical (unpaired) electrons. The highest BCUT2D eigenvalue weighted by Crippen LogP contribution is 2.35. The summed E-state index contributed by atoms with van der Waals surface area (Å²) in [6, 6.07) is 0.580. The van der Waals surface area contributed by atoms with Crippen molar-refractivity contribution >= 4 is 0 Å². The SMILES string of the molecule is CCNCc1cn(C2CCCCC2CC)nn1. The van der Waals surface area contributed by atoms with Gasteiger partial charge in [-0.05, 0) is 25.3 Å². The maximum atomic E-state index is 4.32. The van der Waals surface area contributed by atoms with E-state index in [9.17, 15) is 0 Å². The molecule has 1 aromatic rings. The van der Waals surface area contributed by atoms with Gasteiger partial charge in [-0.15, -0.1) is 5.10 Å². The lowest BCUT2D eigenvalue weighted by Crippen LogP contribution is -2.23. The lowest BCUT2D eigenvalue weighted by atomic mass is 9.83. The first-order chi connectivity index (χ1) is 8.35. The van der Waals surface area contributed by atoms with E-state index in [-0.39, 0.29) is 0 Å². The highest BCUT2D eigenvalue weighted by atomic mass is 15.4. The lowest BCUT2D eigenvalue weighted by Gasteiger charge is -2.30. The molecule has 96 valence electrons. The molecule has 0 bridgehead atoms. The number of nitrogens with zero attached hydrogens (tertiary/aromatic N) is 3. The standard InChI is InChI=1S/C13H24N4/c1-3-11-7-5-6-8-13(11)17-10-12(15-16-17)9-14-4-2/h10-11,13-14H,3-9H2,1-2H3. The number of aromatic nitrogens is 3. The van der Waals surface area contributed by atoms with E-state index >= 15 is 0 Å². The minimum Gasteiger partial charge on any atom is -0.311 e. The molecule has 1 saturated carbocycles. The number of nitrogens with one attached hydrogen (secondary N) is 1. The first-order valence-electron chi connectivity index (χ1n) is 6.96. The van der Waals surface area contributed by atoms with E-state index < -0.39 is 0 Å². The van der Waals surface area contributed by atoms with Crippen LogP contribution in [0.5, 0.6) is 0 Å². The maximum absolute atomic E-state index is 4.32. The molecule has 0 amide bonds. The molecule has 0 spiro atoms. The molecule has 1 heterocycles. The molecule has 1 aliphatic rings. The zero-order valence-corrected chi connectivity index (χ0v) is 11.0. The van der Waals surface area contributed by atoms with Crippen LogP contribution in [0.2, 0.25) is 0 Å². The van der Waals surface area contributed by atoms with Gasteiger partial charge in [0, 0.05) is 6.54 Å². The third kappa shape index (κ3) is 3.06. The molecule has 2 unspecified atom stereocenters. The molecule has 17 heavy (non-hydrogen) atoms. The predicted molar refractivity (Wildman–Crippen MR) is 68.7 cm³/mol. The molecule has 0 aliphatic heterocycles. The van der Waals surface area contributed by atoms with E-state index in [4.69, 9.17) is 0 Å². The van der Waals surface area contributed by atoms with Crippen LogP contribution in [0.4, 0.5) is 0 Å². The Kier molecular flexibility index (Phi) is 4.54. The molecule has 1 N–H and O–H groups in total. The molecule has 0 saturated heterocycles. The number of rotatable bonds is 5. The summed E-state index contributed by atoms with van der Waals surface area (Å²) in [5.41, 5.74) is 1.06. The number of hydrogen-bond donors (Lipinski definition) is 1. The zero-order chi connectivity index (χ0) is 12.1. The van der Waals surface area contributed by atoms with E-state index in [1.54, 1.807) is 0 Å². The minimum atomic E-state index is 0.580. The third-order valence-electron chi connectivity index (χ3n) is 3.85. The first-order valence-corrected chi connectivity index (χ1v) is 6.96. The van der Waals surface area contributed by atoms with Crippen LogP contribution in [-0.2, 0) is 6.54 Å². The van der Waals surface area contributed by atoms with E-state index in [1.807, 2.05) is 0 Å². The molecule has 2 atom stereocenters. The molecule has 1 fully saturated rings. The Labute approximate surface area is 104 Å². The van der Waals surface area contributed by atoms with Gasteiger partial charge in [-0.25, -0.2) is 4.68 Å². The first kappa shape index (κ1) is 12.6. The number of hydrogen-bond acceptors (Lipinski definition) is 3. The van der Waals surface area contributed by atoms with Gasteiger partial charge in [0.1, 0.15) is 0 Å². The fourth-order valence-corrected chi connectivity index (χ4v) is 2.82. The third-order valence-corrected chi connectivity index (χ3v) is 3.85. The van der Waals surface area contributed by atoms with Gasteiger partial charge in [-0.2, -0.15) is 0 Å². The van der Waals surface area contributed by atoms with Crippen LogP contribution in [0.25, 0.3) is 0 Å². The smallest absolute Gasteiger partial charge is 0.0964 e. The van der Waals surface area contributed by atoms with Gasteiger partial charge < -0.3 is 5.32 Å². The van der Waals surface area contributed by atoms with Crippen molar-refractivity contribution in [2.24, 2.45) is 5.92 Å². The fraction of sp³-hybridized carbons (Fsp3) is 0.846. The van der Waals surface area contributed by atoms with Crippen molar-refractivity contribution in [2.45, 2.75) is 58.5 Å². The zero-order valence-electron chi connectivity index (χ0n) is 11.0. The topological polar surface area (TPSA) is 42.7 Å². The normalized spacial score (nSPS) is 25.1. The molecule has 0 aromatic carbocycles. The van der Waals surface area contributed by atoms with Crippen LogP contribution >= 0.6 is 0 Å². The maximum Gasteiger partial charge on any atom is 0.0964 e. The molecular formula is C13H24N4. The molecule has 2 rings (SSSR count). The predicted octanol–water partition coefficient (Wildman–Crippen LogP) is 2.53. The Morgan fingerprint density at radius 1 is 1.35 bits per heavy atom. The van der Waals surface area contributed by atoms with Crippen LogP contribution < -0.4 is 5.32 Å². The Morgan fingerprint density at radius 2 is 2.18 bits per heavy atom. The monoisotopic (exact) mass is 236 g/mol. The minimum absolute atomic E-state index is 0.580. The second-order valence-electron chi connectivity index (χ2n) is 4.99. The molecule has 1 aliphatic carbocycles. The summed E-state index contributed by atoms with van der Waals surface area (Å²) in [5, 5.41) is 11.9. The summed E-state index contributed by atoms with van der Waals surface area (Å²) >= 11 is 0. The molecular weight excluding hydrogens is 212 g/mol. The highest BCUT2D eigenvalue weighted by molar-refractivity contribution is 4.94. The quantitative estimate of drug-likeness (QED) is 0.854. The van der Waals surface area contributed by atoms with Crippen LogP contribution in [-0.4, -0.2) is 21.5 Å². The fourth-order valence-electron chi connectivity index (χ4n) is 2.82. The Balaban J connectivity index is 2.02. The van der Waals surface area contributed by atoms with Gasteiger partial charge in [0.15, 0.2) is 0 Å². The average Bonchev–Trinajstić information content (AvgIpc) is 2.85. The van der Waals surface area contributed by atoms with Gasteiger partial charge in [0.2, 0.25) is 0 Å². The van der Waals surface area contributed by atoms with Gasteiger partial charge in [-0.3, -0.25) is 0 Å². The summed E-state index contributed by atoms with van der Waals surface area (Å²) in [6.07, 6.45) is 8.72. The second-order valence-corrected chi connectivity index (χ2v) is 4.99. The van der Waals surface area contributed by atoms with Gasteiger partial charge >= 0.3 is 0 Å². The van der Waals surface area contributed by atoms with Crippen molar-refractivity contribution in [3.63, 3.8) is 0 Å². The van der Waals surface area contributed by atoms with Crippen LogP contribution in [0.15, 0.2) is 6.20 Å². The highest BCUT2D eigenvalue weighted by Gasteiger charge is 2.25. The Bertz CT molecular complexity index is 334. The van der Waals surface area contributed by atoms with E-state index in [2.05, 4.69) is 40.4 Å². The van der Waals surface area contributed by atoms with Gasteiger partial charge in [0.25, 0.3) is 0 Å². The summed E-state index contributed by atoms with van der Waals surface area (Å²) in [5.74, 6) is 0.789. The van der Waals surface area contributed by atoms with Crippen molar-refractivity contribution in [3.8, 4) is 0 Å². The van der Waals surface area contributed by atoms with Crippen molar-refractivity contribution in [1.29, 1.82) is 0 Å². The summed E-state index contributed by atoms with van der Waals surface area (Å²) in [7, 11) is 0. The second kappa shape index (κ2) is 6.15. The Morgan fingerprint density at radius 3 is 2.94 bits per heavy atom. The van der Waals surface area contributed by atoms with E-state index in [1.165, 1.54) is 32.1 Å². The van der Waals surface area contributed by atoms with Gasteiger partial charge in [-0.1, -0.05) is 38.3 Å². The van der Waals surface area contributed by atoms with Crippen molar-refractivity contribution < 1.29 is 0 Å². The van der Waals surface area contributed by atoms with Crippen molar-refractivity contribution in [2.75, 3.05) is 6.54 Å². The van der Waals surface area contributed by atoms with Crippen molar-refractivity contribution in [1.82, 2.24) is 20.3 Å². The lowest BCUT2D eigenvalue weighted by molar-refractivity contribution is 0.214. The van der Waals surface area contributed by atoms with Crippen LogP contribution in [0.1, 0.15) is 57.7 Å². The average molecular weight is 236 g/mol. The van der Waals surface area contributed by atoms with E-state index in [0.29, 0.717) is 6.04 Å². The Hall–Kier alpha value is -0.900.